The highest BCUT2D eigenvalue weighted by atomic mass is 79.9. The summed E-state index contributed by atoms with van der Waals surface area (Å²) >= 11 is 3.35. The van der Waals surface area contributed by atoms with E-state index in [1.54, 1.807) is 0 Å². The van der Waals surface area contributed by atoms with E-state index in [0.717, 1.165) is 10.2 Å². The standard InChI is InChI=1S/C12H19BrNOSi/c1-12(2,3)11(15-16(4)5)9-6-7-10(13)14-8-9/h6-8,11H,1-5H3. The Morgan fingerprint density at radius 2 is 1.94 bits per heavy atom. The predicted octanol–water partition coefficient (Wildman–Crippen LogP) is 4.20. The minimum atomic E-state index is -0.712. The number of nitrogens with zero attached hydrogens (tertiary/aromatic N) is 1. The van der Waals surface area contributed by atoms with Crippen molar-refractivity contribution in [2.45, 2.75) is 40.0 Å². The van der Waals surface area contributed by atoms with Crippen molar-refractivity contribution in [3.63, 3.8) is 0 Å². The van der Waals surface area contributed by atoms with E-state index in [9.17, 15) is 0 Å². The van der Waals surface area contributed by atoms with Gasteiger partial charge in [0.1, 0.15) is 4.60 Å². The van der Waals surface area contributed by atoms with Crippen LogP contribution in [-0.4, -0.2) is 14.0 Å². The largest absolute Gasteiger partial charge is 0.410 e. The highest BCUT2D eigenvalue weighted by molar-refractivity contribution is 9.10. The van der Waals surface area contributed by atoms with E-state index in [4.69, 9.17) is 4.43 Å². The quantitative estimate of drug-likeness (QED) is 0.616. The molecule has 0 N–H and O–H groups in total. The molecule has 1 unspecified atom stereocenters. The van der Waals surface area contributed by atoms with E-state index in [1.807, 2.05) is 12.3 Å². The third-order valence-electron chi connectivity index (χ3n) is 2.19. The van der Waals surface area contributed by atoms with Gasteiger partial charge >= 0.3 is 0 Å². The van der Waals surface area contributed by atoms with Crippen LogP contribution in [0.4, 0.5) is 0 Å². The topological polar surface area (TPSA) is 22.1 Å². The van der Waals surface area contributed by atoms with Crippen LogP contribution in [0.25, 0.3) is 0 Å². The molecule has 0 saturated heterocycles. The number of hydrogen-bond donors (Lipinski definition) is 0. The van der Waals surface area contributed by atoms with Crippen LogP contribution < -0.4 is 0 Å². The zero-order valence-corrected chi connectivity index (χ0v) is 13.1. The molecular formula is C12H19BrNOSi. The van der Waals surface area contributed by atoms with Crippen LogP contribution in [0.2, 0.25) is 13.1 Å². The van der Waals surface area contributed by atoms with Crippen molar-refractivity contribution in [3.8, 4) is 0 Å². The normalized spacial score (nSPS) is 14.2. The van der Waals surface area contributed by atoms with Crippen LogP contribution in [0, 0.1) is 5.41 Å². The van der Waals surface area contributed by atoms with Crippen molar-refractivity contribution in [3.05, 3.63) is 28.5 Å². The summed E-state index contributed by atoms with van der Waals surface area (Å²) < 4.78 is 6.95. The molecule has 0 saturated carbocycles. The Labute approximate surface area is 108 Å². The first-order valence-electron chi connectivity index (χ1n) is 5.39. The Bertz CT molecular complexity index is 332. The second-order valence-electron chi connectivity index (χ2n) is 5.19. The molecule has 0 fully saturated rings. The fourth-order valence-electron chi connectivity index (χ4n) is 1.52. The van der Waals surface area contributed by atoms with Gasteiger partial charge in [-0.1, -0.05) is 26.8 Å². The Morgan fingerprint density at radius 1 is 1.31 bits per heavy atom. The number of halogens is 1. The Hall–Kier alpha value is -0.193. The zero-order chi connectivity index (χ0) is 12.3. The average molecular weight is 301 g/mol. The monoisotopic (exact) mass is 300 g/mol. The summed E-state index contributed by atoms with van der Waals surface area (Å²) in [5, 5.41) is 0. The summed E-state index contributed by atoms with van der Waals surface area (Å²) in [7, 11) is -0.712. The van der Waals surface area contributed by atoms with E-state index in [0.29, 0.717) is 0 Å². The molecule has 1 aromatic rings. The summed E-state index contributed by atoms with van der Waals surface area (Å²) in [5.41, 5.74) is 1.25. The van der Waals surface area contributed by atoms with Gasteiger partial charge in [0.15, 0.2) is 0 Å². The molecule has 1 radical (unpaired) electrons. The van der Waals surface area contributed by atoms with E-state index in [2.05, 4.69) is 60.8 Å². The molecule has 16 heavy (non-hydrogen) atoms. The first kappa shape index (κ1) is 13.9. The molecule has 2 nitrogen and oxygen atoms in total. The van der Waals surface area contributed by atoms with Gasteiger partial charge in [-0.15, -0.1) is 0 Å². The van der Waals surface area contributed by atoms with Crippen LogP contribution in [0.3, 0.4) is 0 Å². The first-order valence-corrected chi connectivity index (χ1v) is 8.59. The molecule has 4 heteroatoms. The van der Waals surface area contributed by atoms with E-state index >= 15 is 0 Å². The summed E-state index contributed by atoms with van der Waals surface area (Å²) in [4.78, 5) is 4.27. The fraction of sp³-hybridized carbons (Fsp3) is 0.583. The van der Waals surface area contributed by atoms with Crippen molar-refractivity contribution in [1.29, 1.82) is 0 Å². The van der Waals surface area contributed by atoms with Crippen LogP contribution in [0.1, 0.15) is 32.4 Å². The zero-order valence-electron chi connectivity index (χ0n) is 10.5. The van der Waals surface area contributed by atoms with Crippen molar-refractivity contribution < 1.29 is 4.43 Å². The molecule has 0 aliphatic carbocycles. The maximum atomic E-state index is 6.09. The smallest absolute Gasteiger partial charge is 0.205 e. The molecule has 1 aromatic heterocycles. The van der Waals surface area contributed by atoms with E-state index in [1.165, 1.54) is 0 Å². The maximum Gasteiger partial charge on any atom is 0.205 e. The molecule has 0 amide bonds. The lowest BCUT2D eigenvalue weighted by molar-refractivity contribution is 0.0863. The first-order chi connectivity index (χ1) is 7.30. The SMILES string of the molecule is C[Si](C)OC(c1ccc(Br)nc1)C(C)(C)C. The fourth-order valence-corrected chi connectivity index (χ4v) is 2.72. The van der Waals surface area contributed by atoms with Gasteiger partial charge in [0, 0.05) is 6.20 Å². The van der Waals surface area contributed by atoms with Gasteiger partial charge in [0.25, 0.3) is 0 Å². The van der Waals surface area contributed by atoms with Gasteiger partial charge in [-0.25, -0.2) is 4.98 Å². The lowest BCUT2D eigenvalue weighted by atomic mass is 9.85. The molecular weight excluding hydrogens is 282 g/mol. The highest BCUT2D eigenvalue weighted by Crippen LogP contribution is 2.36. The Kier molecular flexibility index (Phi) is 4.70. The van der Waals surface area contributed by atoms with Crippen LogP contribution >= 0.6 is 15.9 Å². The van der Waals surface area contributed by atoms with Crippen LogP contribution in [-0.2, 0) is 4.43 Å². The van der Waals surface area contributed by atoms with Crippen molar-refractivity contribution in [2.75, 3.05) is 0 Å². The highest BCUT2D eigenvalue weighted by Gasteiger charge is 2.28. The van der Waals surface area contributed by atoms with Gasteiger partial charge in [0.2, 0.25) is 9.04 Å². The Balaban J connectivity index is 2.97. The van der Waals surface area contributed by atoms with Gasteiger partial charge in [0.05, 0.1) is 6.10 Å². The maximum absolute atomic E-state index is 6.09. The molecule has 0 aliphatic rings. The third kappa shape index (κ3) is 4.00. The molecule has 1 heterocycles. The van der Waals surface area contributed by atoms with Gasteiger partial charge < -0.3 is 4.43 Å². The van der Waals surface area contributed by atoms with E-state index < -0.39 is 9.04 Å². The molecule has 0 spiro atoms. The molecule has 1 atom stereocenters. The van der Waals surface area contributed by atoms with Crippen molar-refractivity contribution in [1.82, 2.24) is 4.98 Å². The van der Waals surface area contributed by atoms with Crippen molar-refractivity contribution in [2.24, 2.45) is 5.41 Å². The minimum Gasteiger partial charge on any atom is -0.410 e. The van der Waals surface area contributed by atoms with Gasteiger partial charge in [-0.05, 0) is 46.1 Å². The summed E-state index contributed by atoms with van der Waals surface area (Å²) in [5.74, 6) is 0. The van der Waals surface area contributed by atoms with Gasteiger partial charge in [-0.2, -0.15) is 0 Å². The number of hydrogen-bond acceptors (Lipinski definition) is 2. The average Bonchev–Trinajstić information content (AvgIpc) is 2.14. The Morgan fingerprint density at radius 3 is 2.31 bits per heavy atom. The lowest BCUT2D eigenvalue weighted by Crippen LogP contribution is -2.26. The minimum absolute atomic E-state index is 0.0947. The van der Waals surface area contributed by atoms with Crippen molar-refractivity contribution >= 4 is 25.0 Å². The molecule has 0 aromatic carbocycles. The van der Waals surface area contributed by atoms with Gasteiger partial charge in [-0.3, -0.25) is 0 Å². The molecule has 1 rings (SSSR count). The second-order valence-corrected chi connectivity index (χ2v) is 8.05. The molecule has 89 valence electrons. The second kappa shape index (κ2) is 5.43. The molecule has 0 aliphatic heterocycles. The van der Waals surface area contributed by atoms with Crippen LogP contribution in [0.5, 0.6) is 0 Å². The summed E-state index contributed by atoms with van der Waals surface area (Å²) in [6.07, 6.45) is 2.02. The lowest BCUT2D eigenvalue weighted by Gasteiger charge is -2.32. The number of rotatable bonds is 3. The number of aromatic nitrogens is 1. The van der Waals surface area contributed by atoms with E-state index in [-0.39, 0.29) is 11.5 Å². The third-order valence-corrected chi connectivity index (χ3v) is 3.37. The molecule has 0 bridgehead atoms. The predicted molar refractivity (Wildman–Crippen MR) is 72.7 cm³/mol. The summed E-state index contributed by atoms with van der Waals surface area (Å²) in [6.45, 7) is 10.9. The summed E-state index contributed by atoms with van der Waals surface area (Å²) in [6, 6.07) is 4.05. The number of pyridine rings is 1. The van der Waals surface area contributed by atoms with Crippen LogP contribution in [0.15, 0.2) is 22.9 Å².